The van der Waals surface area contributed by atoms with Crippen molar-refractivity contribution >= 4 is 17.3 Å². The molecule has 3 aromatic carbocycles. The highest BCUT2D eigenvalue weighted by atomic mass is 32.2. The number of hydrogen-bond donors (Lipinski definition) is 2. The zero-order valence-electron chi connectivity index (χ0n) is 25.3. The molecule has 1 amide bonds. The second kappa shape index (κ2) is 13.2. The lowest BCUT2D eigenvalue weighted by molar-refractivity contribution is 0.0946. The number of carbonyl (C=O) groups excluding carboxylic acids is 1. The molecular weight excluding hydrogens is 572 g/mol. The van der Waals surface area contributed by atoms with E-state index in [0.717, 1.165) is 33.4 Å². The Hall–Kier alpha value is -4.20. The Kier molecular flexibility index (Phi) is 9.37. The van der Waals surface area contributed by atoms with E-state index in [1.54, 1.807) is 25.3 Å². The summed E-state index contributed by atoms with van der Waals surface area (Å²) in [7, 11) is 1.60. The minimum Gasteiger partial charge on any atom is -0.597 e. The third-order valence-electron chi connectivity index (χ3n) is 7.59. The van der Waals surface area contributed by atoms with Crippen LogP contribution in [0.1, 0.15) is 66.0 Å². The van der Waals surface area contributed by atoms with Crippen LogP contribution in [0.5, 0.6) is 5.75 Å². The molecule has 0 radical (unpaired) electrons. The summed E-state index contributed by atoms with van der Waals surface area (Å²) < 4.78 is 20.4. The monoisotopic (exact) mass is 608 g/mol. The minimum absolute atomic E-state index is 0.0879. The Morgan fingerprint density at radius 2 is 1.82 bits per heavy atom. The Bertz CT molecular complexity index is 1690. The highest BCUT2D eigenvalue weighted by Gasteiger charge is 2.44. The molecule has 1 aromatic heterocycles. The number of nitriles is 1. The molecule has 0 spiro atoms. The van der Waals surface area contributed by atoms with Crippen molar-refractivity contribution in [3.05, 3.63) is 107 Å². The van der Waals surface area contributed by atoms with Gasteiger partial charge in [-0.15, -0.1) is 4.31 Å². The van der Waals surface area contributed by atoms with Crippen LogP contribution in [0.25, 0.3) is 22.4 Å². The van der Waals surface area contributed by atoms with Crippen molar-refractivity contribution in [2.45, 2.75) is 51.1 Å². The molecule has 0 fully saturated rings. The van der Waals surface area contributed by atoms with E-state index in [9.17, 15) is 19.7 Å². The van der Waals surface area contributed by atoms with Gasteiger partial charge in [-0.25, -0.2) is 4.98 Å². The van der Waals surface area contributed by atoms with Gasteiger partial charge in [-0.05, 0) is 85.8 Å². The predicted molar refractivity (Wildman–Crippen MR) is 172 cm³/mol. The van der Waals surface area contributed by atoms with Gasteiger partial charge in [0.25, 0.3) is 5.91 Å². The van der Waals surface area contributed by atoms with Crippen LogP contribution in [0, 0.1) is 11.3 Å². The van der Waals surface area contributed by atoms with Gasteiger partial charge in [0.2, 0.25) is 0 Å². The lowest BCUT2D eigenvalue weighted by Gasteiger charge is -2.33. The van der Waals surface area contributed by atoms with Crippen LogP contribution in [-0.2, 0) is 24.5 Å². The number of aromatic nitrogens is 1. The van der Waals surface area contributed by atoms with E-state index in [-0.39, 0.29) is 24.2 Å². The van der Waals surface area contributed by atoms with Crippen molar-refractivity contribution < 1.29 is 19.2 Å². The van der Waals surface area contributed by atoms with Crippen molar-refractivity contribution in [1.29, 1.82) is 5.26 Å². The molecule has 1 aliphatic rings. The van der Waals surface area contributed by atoms with Crippen LogP contribution in [0.4, 0.5) is 0 Å². The summed E-state index contributed by atoms with van der Waals surface area (Å²) in [5, 5.41) is 22.3. The summed E-state index contributed by atoms with van der Waals surface area (Å²) in [6.45, 7) is 6.37. The second-order valence-corrected chi connectivity index (χ2v) is 13.9. The van der Waals surface area contributed by atoms with Crippen molar-refractivity contribution in [3.63, 3.8) is 0 Å². The fourth-order valence-electron chi connectivity index (χ4n) is 5.44. The van der Waals surface area contributed by atoms with Gasteiger partial charge in [-0.2, -0.15) is 5.26 Å². The van der Waals surface area contributed by atoms with E-state index in [1.807, 2.05) is 85.7 Å². The number of amides is 1. The zero-order valence-corrected chi connectivity index (χ0v) is 26.1. The number of aliphatic hydroxyl groups is 1. The van der Waals surface area contributed by atoms with Gasteiger partial charge in [0.1, 0.15) is 16.2 Å². The molecule has 4 aromatic rings. The molecule has 5 rings (SSSR count). The quantitative estimate of drug-likeness (QED) is 0.226. The molecule has 0 saturated heterocycles. The molecule has 0 saturated carbocycles. The number of methoxy groups -OCH3 is 1. The lowest BCUT2D eigenvalue weighted by Crippen LogP contribution is -2.42. The van der Waals surface area contributed by atoms with E-state index in [0.29, 0.717) is 36.5 Å². The number of nitrogens with one attached hydrogen (secondary N) is 1. The van der Waals surface area contributed by atoms with E-state index in [4.69, 9.17) is 9.72 Å². The number of hydrogen-bond acceptors (Lipinski definition) is 7. The van der Waals surface area contributed by atoms with Gasteiger partial charge in [0.15, 0.2) is 0 Å². The minimum atomic E-state index is -1.37. The van der Waals surface area contributed by atoms with Gasteiger partial charge in [0, 0.05) is 35.6 Å². The standard InChI is InChI=1S/C35H36N4O4S/c1-35(2,3)44(42)39-22-28-19-30(34(41)37-21-24-7-5-10-29(17-24)43-4)38-33(32(28)31(39)15-16-40)27-9-6-8-26(18-27)25-13-11-23(20-36)12-14-25/h5-14,17-19,31,40H,15-16,21-22H2,1-4H3,(H,37,41)/t31-,44?/m0/s1. The number of aliphatic hydroxyl groups excluding tert-OH is 1. The van der Waals surface area contributed by atoms with Crippen LogP contribution in [0.2, 0.25) is 0 Å². The molecular formula is C35H36N4O4S. The second-order valence-electron chi connectivity index (χ2n) is 11.7. The summed E-state index contributed by atoms with van der Waals surface area (Å²) >= 11 is -1.37. The highest BCUT2D eigenvalue weighted by molar-refractivity contribution is 7.90. The van der Waals surface area contributed by atoms with Crippen LogP contribution in [0.15, 0.2) is 78.9 Å². The first-order valence-corrected chi connectivity index (χ1v) is 15.6. The molecule has 8 nitrogen and oxygen atoms in total. The van der Waals surface area contributed by atoms with E-state index in [2.05, 4.69) is 11.4 Å². The van der Waals surface area contributed by atoms with E-state index in [1.165, 1.54) is 0 Å². The first-order chi connectivity index (χ1) is 21.1. The third-order valence-corrected chi connectivity index (χ3v) is 9.45. The third kappa shape index (κ3) is 6.64. The zero-order chi connectivity index (χ0) is 31.4. The number of nitrogens with zero attached hydrogens (tertiary/aromatic N) is 3. The van der Waals surface area contributed by atoms with E-state index < -0.39 is 16.1 Å². The Morgan fingerprint density at radius 1 is 1.09 bits per heavy atom. The Labute approximate surface area is 261 Å². The fraction of sp³-hybridized carbons (Fsp3) is 0.286. The average Bonchev–Trinajstić information content (AvgIpc) is 3.40. The SMILES string of the molecule is COc1cccc(CNC(=O)c2cc3c(c(-c4cccc(-c5ccc(C#N)cc5)c4)n2)[C@H](CCO)N([S+]([O-])C(C)(C)C)C3)c1. The number of ether oxygens (including phenoxy) is 1. The molecule has 0 bridgehead atoms. The van der Waals surface area contributed by atoms with Crippen molar-refractivity contribution in [2.24, 2.45) is 0 Å². The molecule has 2 N–H and O–H groups in total. The summed E-state index contributed by atoms with van der Waals surface area (Å²) in [5.41, 5.74) is 6.77. The molecule has 2 atom stereocenters. The summed E-state index contributed by atoms with van der Waals surface area (Å²) in [6.07, 6.45) is 0.375. The maximum absolute atomic E-state index is 13.7. The van der Waals surface area contributed by atoms with Crippen molar-refractivity contribution in [2.75, 3.05) is 13.7 Å². The summed E-state index contributed by atoms with van der Waals surface area (Å²) in [5.74, 6) is 0.382. The number of carbonyl (C=O) groups is 1. The maximum atomic E-state index is 13.7. The van der Waals surface area contributed by atoms with Crippen LogP contribution in [-0.4, -0.2) is 43.3 Å². The Balaban J connectivity index is 1.58. The first-order valence-electron chi connectivity index (χ1n) is 14.5. The van der Waals surface area contributed by atoms with Gasteiger partial charge in [-0.1, -0.05) is 42.5 Å². The molecule has 226 valence electrons. The number of benzene rings is 3. The molecule has 2 heterocycles. The van der Waals surface area contributed by atoms with Gasteiger partial charge < -0.3 is 19.7 Å². The molecule has 1 aliphatic heterocycles. The first kappa shape index (κ1) is 31.2. The van der Waals surface area contributed by atoms with Gasteiger partial charge in [0.05, 0.1) is 37.0 Å². The topological polar surface area (TPSA) is 122 Å². The highest BCUT2D eigenvalue weighted by Crippen LogP contribution is 2.45. The Morgan fingerprint density at radius 3 is 2.50 bits per heavy atom. The smallest absolute Gasteiger partial charge is 0.270 e. The van der Waals surface area contributed by atoms with E-state index >= 15 is 0 Å². The average molecular weight is 609 g/mol. The molecule has 9 heteroatoms. The van der Waals surface area contributed by atoms with Crippen LogP contribution >= 0.6 is 0 Å². The maximum Gasteiger partial charge on any atom is 0.270 e. The van der Waals surface area contributed by atoms with Gasteiger partial charge >= 0.3 is 0 Å². The van der Waals surface area contributed by atoms with Crippen molar-refractivity contribution in [3.8, 4) is 34.2 Å². The summed E-state index contributed by atoms with van der Waals surface area (Å²) in [6, 6.07) is 26.4. The molecule has 44 heavy (non-hydrogen) atoms. The molecule has 0 aliphatic carbocycles. The summed E-state index contributed by atoms with van der Waals surface area (Å²) in [4.78, 5) is 18.5. The fourth-order valence-corrected chi connectivity index (χ4v) is 6.85. The molecule has 1 unspecified atom stereocenters. The number of rotatable bonds is 9. The normalized spacial score (nSPS) is 15.3. The number of fused-ring (bicyclic) bond motifs is 1. The largest absolute Gasteiger partial charge is 0.597 e. The van der Waals surface area contributed by atoms with Gasteiger partial charge in [-0.3, -0.25) is 4.79 Å². The number of pyridine rings is 1. The van der Waals surface area contributed by atoms with Crippen LogP contribution < -0.4 is 10.1 Å². The predicted octanol–water partition coefficient (Wildman–Crippen LogP) is 5.93. The lowest BCUT2D eigenvalue weighted by atomic mass is 9.94. The van der Waals surface area contributed by atoms with Crippen molar-refractivity contribution in [1.82, 2.24) is 14.6 Å². The van der Waals surface area contributed by atoms with Crippen LogP contribution in [0.3, 0.4) is 0 Å².